The molecule has 20 heavy (non-hydrogen) atoms. The van der Waals surface area contributed by atoms with Crippen LogP contribution in [0.25, 0.3) is 22.2 Å². The van der Waals surface area contributed by atoms with Gasteiger partial charge < -0.3 is 4.98 Å². The maximum absolute atomic E-state index is 13.1. The number of nitriles is 1. The summed E-state index contributed by atoms with van der Waals surface area (Å²) in [7, 11) is 0. The van der Waals surface area contributed by atoms with Gasteiger partial charge in [0.05, 0.1) is 16.8 Å². The molecule has 1 aromatic carbocycles. The fourth-order valence-corrected chi connectivity index (χ4v) is 2.27. The maximum Gasteiger partial charge on any atom is 0.264 e. The van der Waals surface area contributed by atoms with Crippen LogP contribution >= 0.6 is 0 Å². The zero-order valence-corrected chi connectivity index (χ0v) is 10.3. The molecule has 3 nitrogen and oxygen atoms in total. The van der Waals surface area contributed by atoms with Crippen molar-refractivity contribution in [1.29, 1.82) is 5.26 Å². The van der Waals surface area contributed by atoms with Crippen LogP contribution in [-0.2, 0) is 0 Å². The molecule has 2 heterocycles. The van der Waals surface area contributed by atoms with Gasteiger partial charge in [0.25, 0.3) is 6.43 Å². The van der Waals surface area contributed by atoms with Gasteiger partial charge >= 0.3 is 0 Å². The minimum Gasteiger partial charge on any atom is -0.353 e. The molecule has 0 aliphatic carbocycles. The van der Waals surface area contributed by atoms with E-state index in [9.17, 15) is 14.0 Å². The molecule has 0 unspecified atom stereocenters. The summed E-state index contributed by atoms with van der Waals surface area (Å²) < 4.78 is 26.2. The monoisotopic (exact) mass is 269 g/mol. The summed E-state index contributed by atoms with van der Waals surface area (Å²) in [6, 6.07) is 9.96. The Morgan fingerprint density at radius 1 is 1.20 bits per heavy atom. The molecule has 98 valence electrons. The van der Waals surface area contributed by atoms with Crippen LogP contribution in [0, 0.1) is 11.3 Å². The Balaban J connectivity index is 2.33. The molecule has 0 radical (unpaired) electrons. The first-order valence-electron chi connectivity index (χ1n) is 5.95. The molecule has 0 saturated carbocycles. The van der Waals surface area contributed by atoms with Crippen molar-refractivity contribution in [1.82, 2.24) is 9.97 Å². The Morgan fingerprint density at radius 3 is 2.75 bits per heavy atom. The van der Waals surface area contributed by atoms with E-state index in [1.807, 2.05) is 0 Å². The smallest absolute Gasteiger partial charge is 0.264 e. The van der Waals surface area contributed by atoms with Gasteiger partial charge in [-0.1, -0.05) is 24.3 Å². The number of fused-ring (bicyclic) bond motifs is 1. The van der Waals surface area contributed by atoms with Crippen molar-refractivity contribution in [2.45, 2.75) is 6.43 Å². The summed E-state index contributed by atoms with van der Waals surface area (Å²) in [5.41, 5.74) is 1.70. The summed E-state index contributed by atoms with van der Waals surface area (Å²) in [5, 5.41) is 9.94. The summed E-state index contributed by atoms with van der Waals surface area (Å²) in [6.07, 6.45) is 0.545. The molecule has 0 atom stereocenters. The van der Waals surface area contributed by atoms with Crippen molar-refractivity contribution in [2.24, 2.45) is 0 Å². The molecule has 1 N–H and O–H groups in total. The molecular formula is C15H9F2N3. The number of H-pyrrole nitrogens is 1. The van der Waals surface area contributed by atoms with Gasteiger partial charge in [0.1, 0.15) is 6.07 Å². The lowest BCUT2D eigenvalue weighted by atomic mass is 10.0. The molecule has 2 aromatic heterocycles. The number of pyridine rings is 1. The number of aromatic amines is 1. The summed E-state index contributed by atoms with van der Waals surface area (Å²) in [6.45, 7) is 0. The van der Waals surface area contributed by atoms with Crippen molar-refractivity contribution >= 4 is 10.9 Å². The van der Waals surface area contributed by atoms with E-state index in [2.05, 4.69) is 16.0 Å². The van der Waals surface area contributed by atoms with Gasteiger partial charge in [0.15, 0.2) is 0 Å². The third-order valence-corrected chi connectivity index (χ3v) is 3.18. The van der Waals surface area contributed by atoms with E-state index >= 15 is 0 Å². The number of nitrogens with zero attached hydrogens (tertiary/aromatic N) is 2. The van der Waals surface area contributed by atoms with E-state index in [1.165, 1.54) is 6.07 Å². The first kappa shape index (κ1) is 12.3. The molecule has 5 heteroatoms. The first-order valence-corrected chi connectivity index (χ1v) is 5.95. The van der Waals surface area contributed by atoms with Crippen LogP contribution in [0.1, 0.15) is 17.6 Å². The number of nitrogens with one attached hydrogen (secondary N) is 1. The van der Waals surface area contributed by atoms with Crippen molar-refractivity contribution in [3.05, 3.63) is 53.9 Å². The molecule has 0 amide bonds. The van der Waals surface area contributed by atoms with Gasteiger partial charge in [-0.3, -0.25) is 4.98 Å². The predicted octanol–water partition coefficient (Wildman–Crippen LogP) is 4.04. The van der Waals surface area contributed by atoms with Gasteiger partial charge in [-0.2, -0.15) is 5.26 Å². The number of hydrogen-bond acceptors (Lipinski definition) is 2. The number of aromatic nitrogens is 2. The van der Waals surface area contributed by atoms with E-state index < -0.39 is 6.43 Å². The van der Waals surface area contributed by atoms with E-state index in [-0.39, 0.29) is 5.56 Å². The van der Waals surface area contributed by atoms with Crippen molar-refractivity contribution in [3.63, 3.8) is 0 Å². The normalized spacial score (nSPS) is 10.9. The standard InChI is InChI=1S/C15H9F2N3/c16-15(17)10-4-2-1-3-9(10)14-11(7-18)12-8-19-6-5-13(12)20-14/h1-6,8,15,20H. The van der Waals surface area contributed by atoms with Crippen LogP contribution in [0.4, 0.5) is 8.78 Å². The Kier molecular flexibility index (Phi) is 2.92. The van der Waals surface area contributed by atoms with E-state index in [0.29, 0.717) is 27.7 Å². The zero-order valence-electron chi connectivity index (χ0n) is 10.3. The van der Waals surface area contributed by atoms with Gasteiger partial charge in [-0.25, -0.2) is 8.78 Å². The molecule has 3 rings (SSSR count). The zero-order chi connectivity index (χ0) is 14.1. The molecular weight excluding hydrogens is 260 g/mol. The number of hydrogen-bond donors (Lipinski definition) is 1. The minimum atomic E-state index is -2.60. The molecule has 3 aromatic rings. The Labute approximate surface area is 113 Å². The molecule has 0 bridgehead atoms. The van der Waals surface area contributed by atoms with Gasteiger partial charge in [0.2, 0.25) is 0 Å². The fraction of sp³-hybridized carbons (Fsp3) is 0.0667. The second kappa shape index (κ2) is 4.74. The van der Waals surface area contributed by atoms with Crippen molar-refractivity contribution < 1.29 is 8.78 Å². The maximum atomic E-state index is 13.1. The molecule has 0 saturated heterocycles. The fourth-order valence-electron chi connectivity index (χ4n) is 2.27. The van der Waals surface area contributed by atoms with E-state index in [4.69, 9.17) is 0 Å². The molecule has 0 aliphatic rings. The topological polar surface area (TPSA) is 52.5 Å². The SMILES string of the molecule is N#Cc1c(-c2ccccc2C(F)F)[nH]c2ccncc12. The number of rotatable bonds is 2. The van der Waals surface area contributed by atoms with Crippen molar-refractivity contribution in [3.8, 4) is 17.3 Å². The summed E-state index contributed by atoms with van der Waals surface area (Å²) in [5.74, 6) is 0. The highest BCUT2D eigenvalue weighted by Crippen LogP contribution is 2.35. The lowest BCUT2D eigenvalue weighted by Gasteiger charge is -2.07. The number of benzene rings is 1. The summed E-state index contributed by atoms with van der Waals surface area (Å²) >= 11 is 0. The Morgan fingerprint density at radius 2 is 2.00 bits per heavy atom. The van der Waals surface area contributed by atoms with E-state index in [0.717, 1.165) is 0 Å². The van der Waals surface area contributed by atoms with Crippen LogP contribution in [0.2, 0.25) is 0 Å². The molecule has 0 fully saturated rings. The van der Waals surface area contributed by atoms with Gasteiger partial charge in [0, 0.05) is 28.9 Å². The number of halogens is 2. The lowest BCUT2D eigenvalue weighted by Crippen LogP contribution is -1.91. The predicted molar refractivity (Wildman–Crippen MR) is 71.2 cm³/mol. The second-order valence-corrected chi connectivity index (χ2v) is 4.30. The third kappa shape index (κ3) is 1.82. The van der Waals surface area contributed by atoms with Crippen LogP contribution < -0.4 is 0 Å². The average molecular weight is 269 g/mol. The summed E-state index contributed by atoms with van der Waals surface area (Å²) in [4.78, 5) is 7.00. The number of alkyl halides is 2. The highest BCUT2D eigenvalue weighted by molar-refractivity contribution is 5.93. The van der Waals surface area contributed by atoms with Crippen molar-refractivity contribution in [2.75, 3.05) is 0 Å². The third-order valence-electron chi connectivity index (χ3n) is 3.18. The van der Waals surface area contributed by atoms with Gasteiger partial charge in [-0.05, 0) is 6.07 Å². The van der Waals surface area contributed by atoms with Crippen LogP contribution in [0.5, 0.6) is 0 Å². The highest BCUT2D eigenvalue weighted by Gasteiger charge is 2.19. The quantitative estimate of drug-likeness (QED) is 0.763. The highest BCUT2D eigenvalue weighted by atomic mass is 19.3. The minimum absolute atomic E-state index is 0.0940. The first-order chi connectivity index (χ1) is 9.72. The van der Waals surface area contributed by atoms with E-state index in [1.54, 1.807) is 36.7 Å². The Hall–Kier alpha value is -2.74. The molecule has 0 aliphatic heterocycles. The average Bonchev–Trinajstić information content (AvgIpc) is 2.85. The lowest BCUT2D eigenvalue weighted by molar-refractivity contribution is 0.152. The van der Waals surface area contributed by atoms with Gasteiger partial charge in [-0.15, -0.1) is 0 Å². The molecule has 0 spiro atoms. The van der Waals surface area contributed by atoms with Crippen LogP contribution in [0.15, 0.2) is 42.7 Å². The largest absolute Gasteiger partial charge is 0.353 e. The Bertz CT molecular complexity index is 815. The van der Waals surface area contributed by atoms with Crippen LogP contribution in [0.3, 0.4) is 0 Å². The second-order valence-electron chi connectivity index (χ2n) is 4.30. The van der Waals surface area contributed by atoms with Crippen LogP contribution in [-0.4, -0.2) is 9.97 Å².